The van der Waals surface area contributed by atoms with Gasteiger partial charge in [-0.05, 0) is 30.2 Å². The number of benzene rings is 2. The first-order chi connectivity index (χ1) is 7.70. The van der Waals surface area contributed by atoms with E-state index >= 15 is 0 Å². The van der Waals surface area contributed by atoms with Gasteiger partial charge in [0.2, 0.25) is 0 Å². The Morgan fingerprint density at radius 3 is 2.62 bits per heavy atom. The van der Waals surface area contributed by atoms with Gasteiger partial charge >= 0.3 is 0 Å². The molecule has 2 rings (SSSR count). The molecule has 0 aliphatic heterocycles. The molecule has 2 aromatic carbocycles. The van der Waals surface area contributed by atoms with Crippen molar-refractivity contribution in [2.45, 2.75) is 6.92 Å². The standard InChI is InChI=1S/C14H11ClO/c1-10-3-2-4-11(7-10)14-6-5-13(15)8-12(14)9-16/h2-9H,1H3. The first-order valence-electron chi connectivity index (χ1n) is 5.02. The maximum Gasteiger partial charge on any atom is 0.150 e. The third-order valence-electron chi connectivity index (χ3n) is 2.47. The molecule has 80 valence electrons. The van der Waals surface area contributed by atoms with E-state index in [9.17, 15) is 4.79 Å². The van der Waals surface area contributed by atoms with Crippen LogP contribution in [0.4, 0.5) is 0 Å². The summed E-state index contributed by atoms with van der Waals surface area (Å²) < 4.78 is 0. The van der Waals surface area contributed by atoms with Crippen molar-refractivity contribution in [2.24, 2.45) is 0 Å². The quantitative estimate of drug-likeness (QED) is 0.709. The van der Waals surface area contributed by atoms with Crippen molar-refractivity contribution in [1.29, 1.82) is 0 Å². The van der Waals surface area contributed by atoms with Crippen LogP contribution in [0.25, 0.3) is 11.1 Å². The van der Waals surface area contributed by atoms with Crippen LogP contribution in [0.2, 0.25) is 5.02 Å². The van der Waals surface area contributed by atoms with Crippen molar-refractivity contribution < 1.29 is 4.79 Å². The molecule has 0 amide bonds. The molecule has 0 radical (unpaired) electrons. The second-order valence-electron chi connectivity index (χ2n) is 3.72. The fraction of sp³-hybridized carbons (Fsp3) is 0.0714. The van der Waals surface area contributed by atoms with Crippen LogP contribution in [0.15, 0.2) is 42.5 Å². The summed E-state index contributed by atoms with van der Waals surface area (Å²) in [6.45, 7) is 2.03. The van der Waals surface area contributed by atoms with Gasteiger partial charge in [0, 0.05) is 10.6 Å². The van der Waals surface area contributed by atoms with E-state index in [-0.39, 0.29) is 0 Å². The molecule has 0 fully saturated rings. The van der Waals surface area contributed by atoms with Gasteiger partial charge in [-0.1, -0.05) is 47.5 Å². The lowest BCUT2D eigenvalue weighted by Crippen LogP contribution is -1.87. The van der Waals surface area contributed by atoms with Gasteiger partial charge in [0.15, 0.2) is 6.29 Å². The fourth-order valence-corrected chi connectivity index (χ4v) is 1.89. The van der Waals surface area contributed by atoms with Crippen molar-refractivity contribution in [3.05, 3.63) is 58.6 Å². The maximum atomic E-state index is 11.0. The van der Waals surface area contributed by atoms with Crippen LogP contribution in [0.3, 0.4) is 0 Å². The summed E-state index contributed by atoms with van der Waals surface area (Å²) in [4.78, 5) is 11.0. The van der Waals surface area contributed by atoms with Gasteiger partial charge in [-0.2, -0.15) is 0 Å². The number of hydrogen-bond acceptors (Lipinski definition) is 1. The highest BCUT2D eigenvalue weighted by Gasteiger charge is 2.05. The summed E-state index contributed by atoms with van der Waals surface area (Å²) in [6, 6.07) is 13.4. The lowest BCUT2D eigenvalue weighted by atomic mass is 9.99. The van der Waals surface area contributed by atoms with E-state index in [0.717, 1.165) is 17.4 Å². The number of aryl methyl sites for hydroxylation is 1. The average Bonchev–Trinajstić information content (AvgIpc) is 2.28. The third kappa shape index (κ3) is 2.15. The van der Waals surface area contributed by atoms with Crippen LogP contribution in [0.1, 0.15) is 15.9 Å². The third-order valence-corrected chi connectivity index (χ3v) is 2.70. The number of carbonyl (C=O) groups is 1. The molecule has 0 bridgehead atoms. The first kappa shape index (κ1) is 10.9. The van der Waals surface area contributed by atoms with Gasteiger partial charge in [0.05, 0.1) is 0 Å². The lowest BCUT2D eigenvalue weighted by Gasteiger charge is -2.06. The summed E-state index contributed by atoms with van der Waals surface area (Å²) >= 11 is 5.86. The molecule has 16 heavy (non-hydrogen) atoms. The highest BCUT2D eigenvalue weighted by molar-refractivity contribution is 6.31. The van der Waals surface area contributed by atoms with Gasteiger partial charge < -0.3 is 0 Å². The van der Waals surface area contributed by atoms with E-state index in [0.29, 0.717) is 10.6 Å². The van der Waals surface area contributed by atoms with Crippen molar-refractivity contribution in [3.8, 4) is 11.1 Å². The molecule has 0 aliphatic carbocycles. The van der Waals surface area contributed by atoms with Crippen molar-refractivity contribution >= 4 is 17.9 Å². The van der Waals surface area contributed by atoms with Gasteiger partial charge in [-0.25, -0.2) is 0 Å². The Balaban J connectivity index is 2.59. The zero-order valence-corrected chi connectivity index (χ0v) is 9.66. The van der Waals surface area contributed by atoms with Crippen LogP contribution < -0.4 is 0 Å². The second-order valence-corrected chi connectivity index (χ2v) is 4.16. The Kier molecular flexibility index (Phi) is 3.07. The molecule has 0 atom stereocenters. The summed E-state index contributed by atoms with van der Waals surface area (Å²) in [5, 5.41) is 0.582. The van der Waals surface area contributed by atoms with E-state index in [2.05, 4.69) is 6.07 Å². The molecular weight excluding hydrogens is 220 g/mol. The Labute approximate surface area is 99.7 Å². The van der Waals surface area contributed by atoms with Crippen LogP contribution >= 0.6 is 11.6 Å². The number of rotatable bonds is 2. The summed E-state index contributed by atoms with van der Waals surface area (Å²) in [7, 11) is 0. The van der Waals surface area contributed by atoms with E-state index < -0.39 is 0 Å². The molecule has 0 saturated carbocycles. The Morgan fingerprint density at radius 1 is 1.12 bits per heavy atom. The van der Waals surface area contributed by atoms with E-state index in [4.69, 9.17) is 11.6 Å². The minimum atomic E-state index is 0.582. The van der Waals surface area contributed by atoms with Gasteiger partial charge in [0.1, 0.15) is 0 Å². The van der Waals surface area contributed by atoms with Gasteiger partial charge in [-0.3, -0.25) is 4.79 Å². The normalized spacial score (nSPS) is 10.1. The summed E-state index contributed by atoms with van der Waals surface area (Å²) in [6.07, 6.45) is 0.837. The predicted octanol–water partition coefficient (Wildman–Crippen LogP) is 4.13. The molecule has 0 aromatic heterocycles. The topological polar surface area (TPSA) is 17.1 Å². The summed E-state index contributed by atoms with van der Waals surface area (Å²) in [5.74, 6) is 0. The molecule has 2 aromatic rings. The van der Waals surface area contributed by atoms with E-state index in [1.165, 1.54) is 5.56 Å². The highest BCUT2D eigenvalue weighted by atomic mass is 35.5. The number of aldehydes is 1. The van der Waals surface area contributed by atoms with Crippen molar-refractivity contribution in [2.75, 3.05) is 0 Å². The van der Waals surface area contributed by atoms with Crippen LogP contribution in [-0.2, 0) is 0 Å². The predicted molar refractivity (Wildman–Crippen MR) is 67.0 cm³/mol. The van der Waals surface area contributed by atoms with E-state index in [1.807, 2.05) is 31.2 Å². The minimum Gasteiger partial charge on any atom is -0.298 e. The SMILES string of the molecule is Cc1cccc(-c2ccc(Cl)cc2C=O)c1. The number of hydrogen-bond donors (Lipinski definition) is 0. The second kappa shape index (κ2) is 4.50. The Morgan fingerprint density at radius 2 is 1.94 bits per heavy atom. The summed E-state index contributed by atoms with van der Waals surface area (Å²) in [5.41, 5.74) is 3.75. The first-order valence-corrected chi connectivity index (χ1v) is 5.40. The Hall–Kier alpha value is -1.60. The fourth-order valence-electron chi connectivity index (χ4n) is 1.71. The molecule has 0 saturated heterocycles. The molecule has 0 aliphatic rings. The zero-order valence-electron chi connectivity index (χ0n) is 8.91. The Bertz CT molecular complexity index is 532. The average molecular weight is 231 g/mol. The number of carbonyl (C=O) groups excluding carboxylic acids is 1. The van der Waals surface area contributed by atoms with Crippen molar-refractivity contribution in [3.63, 3.8) is 0 Å². The molecule has 0 unspecified atom stereocenters. The van der Waals surface area contributed by atoms with Gasteiger partial charge in [-0.15, -0.1) is 0 Å². The van der Waals surface area contributed by atoms with Gasteiger partial charge in [0.25, 0.3) is 0 Å². The molecule has 0 N–H and O–H groups in total. The van der Waals surface area contributed by atoms with E-state index in [1.54, 1.807) is 12.1 Å². The molecular formula is C14H11ClO. The smallest absolute Gasteiger partial charge is 0.150 e. The number of halogens is 1. The largest absolute Gasteiger partial charge is 0.298 e. The molecule has 0 spiro atoms. The van der Waals surface area contributed by atoms with Crippen LogP contribution in [0, 0.1) is 6.92 Å². The lowest BCUT2D eigenvalue weighted by molar-refractivity contribution is 0.112. The van der Waals surface area contributed by atoms with Crippen molar-refractivity contribution in [1.82, 2.24) is 0 Å². The monoisotopic (exact) mass is 230 g/mol. The highest BCUT2D eigenvalue weighted by Crippen LogP contribution is 2.25. The van der Waals surface area contributed by atoms with Crippen LogP contribution in [-0.4, -0.2) is 6.29 Å². The minimum absolute atomic E-state index is 0.582. The maximum absolute atomic E-state index is 11.0. The van der Waals surface area contributed by atoms with Crippen LogP contribution in [0.5, 0.6) is 0 Å². The zero-order chi connectivity index (χ0) is 11.5. The molecule has 2 heteroatoms. The molecule has 1 nitrogen and oxygen atoms in total. The molecule has 0 heterocycles.